The van der Waals surface area contributed by atoms with Crippen molar-refractivity contribution < 1.29 is 14.6 Å². The van der Waals surface area contributed by atoms with Gasteiger partial charge in [-0.05, 0) is 49.1 Å². The van der Waals surface area contributed by atoms with Crippen LogP contribution in [0.2, 0.25) is 0 Å². The van der Waals surface area contributed by atoms with Gasteiger partial charge in [-0.25, -0.2) is 0 Å². The average Bonchev–Trinajstić information content (AvgIpc) is 3.09. The first-order valence-electron chi connectivity index (χ1n) is 10.1. The fourth-order valence-corrected chi connectivity index (χ4v) is 4.18. The monoisotopic (exact) mass is 393 g/mol. The fourth-order valence-electron chi connectivity index (χ4n) is 4.18. The van der Waals surface area contributed by atoms with Crippen molar-refractivity contribution in [2.45, 2.75) is 51.3 Å². The highest BCUT2D eigenvalue weighted by atomic mass is 16.5. The molecule has 0 saturated heterocycles. The molecule has 1 fully saturated rings. The number of nitrogens with one attached hydrogen (secondary N) is 1. The second-order valence-corrected chi connectivity index (χ2v) is 7.78. The summed E-state index contributed by atoms with van der Waals surface area (Å²) in [7, 11) is 1.67. The van der Waals surface area contributed by atoms with E-state index in [0.29, 0.717) is 17.6 Å². The Morgan fingerprint density at radius 2 is 2.14 bits per heavy atom. The number of amides is 1. The van der Waals surface area contributed by atoms with Gasteiger partial charge < -0.3 is 19.7 Å². The van der Waals surface area contributed by atoms with Crippen molar-refractivity contribution in [2.24, 2.45) is 0 Å². The molecule has 1 saturated carbocycles. The molecule has 0 aliphatic heterocycles. The lowest BCUT2D eigenvalue weighted by molar-refractivity contribution is 0.0718. The third-order valence-electron chi connectivity index (χ3n) is 5.74. The van der Waals surface area contributed by atoms with Crippen LogP contribution in [-0.4, -0.2) is 39.8 Å². The number of rotatable bonds is 5. The lowest BCUT2D eigenvalue weighted by Gasteiger charge is -2.28. The predicted molar refractivity (Wildman–Crippen MR) is 112 cm³/mol. The number of hydrogen-bond acceptors (Lipinski definition) is 4. The van der Waals surface area contributed by atoms with Gasteiger partial charge in [0.05, 0.1) is 30.3 Å². The standard InChI is InChI=1S/C23H27N3O3/c1-15-12-16(9-10-21(15)29-2)13-26-14-17(22-19(26)7-5-11-24-22)23(28)25-18-6-3-4-8-20(18)27/h5,7,9-12,14,18,20,27H,3-4,6,8,13H2,1-2H3,(H,25,28)/t18-,20-/m0/s1. The number of ether oxygens (including phenoxy) is 1. The van der Waals surface area contributed by atoms with Crippen molar-refractivity contribution in [1.29, 1.82) is 0 Å². The lowest BCUT2D eigenvalue weighted by atomic mass is 9.92. The van der Waals surface area contributed by atoms with Gasteiger partial charge in [-0.15, -0.1) is 0 Å². The molecule has 152 valence electrons. The first-order valence-corrected chi connectivity index (χ1v) is 10.1. The maximum Gasteiger partial charge on any atom is 0.255 e. The van der Waals surface area contributed by atoms with Crippen LogP contribution in [0, 0.1) is 6.92 Å². The summed E-state index contributed by atoms with van der Waals surface area (Å²) in [6.07, 6.45) is 6.68. The molecule has 6 nitrogen and oxygen atoms in total. The van der Waals surface area contributed by atoms with Gasteiger partial charge in [0.2, 0.25) is 0 Å². The van der Waals surface area contributed by atoms with Gasteiger partial charge in [-0.1, -0.05) is 25.0 Å². The number of hydrogen-bond donors (Lipinski definition) is 2. The smallest absolute Gasteiger partial charge is 0.255 e. The van der Waals surface area contributed by atoms with Gasteiger partial charge >= 0.3 is 0 Å². The number of carbonyl (C=O) groups is 1. The van der Waals surface area contributed by atoms with E-state index in [1.165, 1.54) is 0 Å². The van der Waals surface area contributed by atoms with E-state index < -0.39 is 6.10 Å². The second-order valence-electron chi connectivity index (χ2n) is 7.78. The van der Waals surface area contributed by atoms with Crippen molar-refractivity contribution in [1.82, 2.24) is 14.9 Å². The highest BCUT2D eigenvalue weighted by molar-refractivity contribution is 6.05. The number of aliphatic hydroxyl groups is 1. The first kappa shape index (κ1) is 19.5. The number of methoxy groups -OCH3 is 1. The van der Waals surface area contributed by atoms with E-state index in [4.69, 9.17) is 4.74 Å². The molecule has 0 unspecified atom stereocenters. The summed E-state index contributed by atoms with van der Waals surface area (Å²) in [4.78, 5) is 17.4. The second kappa shape index (κ2) is 8.25. The summed E-state index contributed by atoms with van der Waals surface area (Å²) in [6, 6.07) is 9.76. The molecular formula is C23H27N3O3. The van der Waals surface area contributed by atoms with Crippen molar-refractivity contribution in [3.63, 3.8) is 0 Å². The third kappa shape index (κ3) is 3.98. The molecule has 0 spiro atoms. The zero-order valence-electron chi connectivity index (χ0n) is 16.9. The Morgan fingerprint density at radius 1 is 1.31 bits per heavy atom. The summed E-state index contributed by atoms with van der Waals surface area (Å²) >= 11 is 0. The van der Waals surface area contributed by atoms with Crippen molar-refractivity contribution in [2.75, 3.05) is 7.11 Å². The minimum absolute atomic E-state index is 0.177. The Kier molecular flexibility index (Phi) is 5.53. The summed E-state index contributed by atoms with van der Waals surface area (Å²) < 4.78 is 7.40. The van der Waals surface area contributed by atoms with Crippen LogP contribution in [0.3, 0.4) is 0 Å². The molecule has 2 aromatic heterocycles. The normalized spacial score (nSPS) is 19.3. The van der Waals surface area contributed by atoms with E-state index in [2.05, 4.69) is 20.9 Å². The topological polar surface area (TPSA) is 76.4 Å². The van der Waals surface area contributed by atoms with Crippen LogP contribution >= 0.6 is 0 Å². The molecule has 0 bridgehead atoms. The zero-order chi connectivity index (χ0) is 20.4. The summed E-state index contributed by atoms with van der Waals surface area (Å²) in [5, 5.41) is 13.2. The van der Waals surface area contributed by atoms with Crippen molar-refractivity contribution in [3.8, 4) is 5.75 Å². The highest BCUT2D eigenvalue weighted by Gasteiger charge is 2.26. The van der Waals surface area contributed by atoms with Crippen LogP contribution in [0.25, 0.3) is 11.0 Å². The number of benzene rings is 1. The number of nitrogens with zero attached hydrogens (tertiary/aromatic N) is 2. The molecule has 3 aromatic rings. The predicted octanol–water partition coefficient (Wildman–Crippen LogP) is 3.43. The molecule has 0 radical (unpaired) electrons. The molecule has 2 heterocycles. The Balaban J connectivity index is 1.63. The number of carbonyl (C=O) groups excluding carboxylic acids is 1. The van der Waals surface area contributed by atoms with Gasteiger partial charge in [0, 0.05) is 18.9 Å². The number of aryl methyl sites for hydroxylation is 1. The van der Waals surface area contributed by atoms with E-state index in [1.807, 2.05) is 37.4 Å². The SMILES string of the molecule is COc1ccc(Cn2cc(C(=O)N[C@H]3CCCC[C@@H]3O)c3ncccc32)cc1C. The number of aliphatic hydroxyl groups excluding tert-OH is 1. The van der Waals surface area contributed by atoms with E-state index >= 15 is 0 Å². The van der Waals surface area contributed by atoms with Crippen LogP contribution in [0.1, 0.15) is 47.2 Å². The summed E-state index contributed by atoms with van der Waals surface area (Å²) in [5.74, 6) is 0.684. The highest BCUT2D eigenvalue weighted by Crippen LogP contribution is 2.24. The van der Waals surface area contributed by atoms with Gasteiger partial charge in [-0.3, -0.25) is 9.78 Å². The summed E-state index contributed by atoms with van der Waals surface area (Å²) in [6.45, 7) is 2.65. The van der Waals surface area contributed by atoms with E-state index in [0.717, 1.165) is 48.1 Å². The van der Waals surface area contributed by atoms with Gasteiger partial charge in [-0.2, -0.15) is 0 Å². The lowest BCUT2D eigenvalue weighted by Crippen LogP contribution is -2.45. The van der Waals surface area contributed by atoms with E-state index in [-0.39, 0.29) is 11.9 Å². The number of fused-ring (bicyclic) bond motifs is 1. The largest absolute Gasteiger partial charge is 0.496 e. The maximum atomic E-state index is 13.0. The molecule has 1 aliphatic rings. The van der Waals surface area contributed by atoms with Crippen LogP contribution in [0.15, 0.2) is 42.7 Å². The average molecular weight is 393 g/mol. The van der Waals surface area contributed by atoms with Crippen LogP contribution in [0.5, 0.6) is 5.75 Å². The zero-order valence-corrected chi connectivity index (χ0v) is 16.9. The Morgan fingerprint density at radius 3 is 2.90 bits per heavy atom. The van der Waals surface area contributed by atoms with Crippen LogP contribution in [-0.2, 0) is 6.54 Å². The van der Waals surface area contributed by atoms with E-state index in [9.17, 15) is 9.90 Å². The van der Waals surface area contributed by atoms with Crippen molar-refractivity contribution in [3.05, 3.63) is 59.4 Å². The number of pyridine rings is 1. The van der Waals surface area contributed by atoms with Gasteiger partial charge in [0.1, 0.15) is 11.3 Å². The molecule has 29 heavy (non-hydrogen) atoms. The minimum Gasteiger partial charge on any atom is -0.496 e. The maximum absolute atomic E-state index is 13.0. The van der Waals surface area contributed by atoms with Crippen molar-refractivity contribution >= 4 is 16.9 Å². The number of aromatic nitrogens is 2. The summed E-state index contributed by atoms with van der Waals surface area (Å²) in [5.41, 5.74) is 4.34. The third-order valence-corrected chi connectivity index (χ3v) is 5.74. The Labute approximate surface area is 170 Å². The van der Waals surface area contributed by atoms with Crippen LogP contribution in [0.4, 0.5) is 0 Å². The van der Waals surface area contributed by atoms with Gasteiger partial charge in [0.25, 0.3) is 5.91 Å². The molecule has 2 N–H and O–H groups in total. The molecular weight excluding hydrogens is 366 g/mol. The molecule has 1 aliphatic carbocycles. The first-order chi connectivity index (χ1) is 14.1. The molecule has 1 aromatic carbocycles. The Hall–Kier alpha value is -2.86. The fraction of sp³-hybridized carbons (Fsp3) is 0.391. The van der Waals surface area contributed by atoms with E-state index in [1.54, 1.807) is 13.3 Å². The molecule has 2 atom stereocenters. The van der Waals surface area contributed by atoms with Crippen LogP contribution < -0.4 is 10.1 Å². The molecule has 6 heteroatoms. The quantitative estimate of drug-likeness (QED) is 0.696. The minimum atomic E-state index is -0.476. The Bertz CT molecular complexity index is 1030. The van der Waals surface area contributed by atoms with Gasteiger partial charge in [0.15, 0.2) is 0 Å². The molecule has 1 amide bonds. The molecule has 4 rings (SSSR count).